The smallest absolute Gasteiger partial charge is 0.407 e. The zero-order chi connectivity index (χ0) is 25.5. The van der Waals surface area contributed by atoms with E-state index in [9.17, 15) is 9.59 Å². The molecule has 1 fully saturated rings. The number of ether oxygens (including phenoxy) is 1. The molecule has 0 saturated carbocycles. The highest BCUT2D eigenvalue weighted by molar-refractivity contribution is 5.73. The van der Waals surface area contributed by atoms with E-state index in [2.05, 4.69) is 32.0 Å². The number of esters is 1. The first kappa shape index (κ1) is 24.5. The lowest BCUT2D eigenvalue weighted by atomic mass is 10.0. The molecule has 2 aromatic carbocycles. The number of aryl methyl sites for hydroxylation is 1. The summed E-state index contributed by atoms with van der Waals surface area (Å²) < 4.78 is 4.78. The minimum absolute atomic E-state index is 0.155. The van der Waals surface area contributed by atoms with Gasteiger partial charge in [0.05, 0.1) is 13.5 Å². The zero-order valence-electron chi connectivity index (χ0n) is 20.2. The van der Waals surface area contributed by atoms with Crippen LogP contribution in [0.3, 0.4) is 0 Å². The van der Waals surface area contributed by atoms with Crippen molar-refractivity contribution < 1.29 is 19.4 Å². The van der Waals surface area contributed by atoms with Crippen molar-refractivity contribution in [3.05, 3.63) is 77.1 Å². The van der Waals surface area contributed by atoms with Crippen molar-refractivity contribution in [1.29, 1.82) is 0 Å². The molecule has 0 atom stereocenters. The third-order valence-electron chi connectivity index (χ3n) is 5.91. The molecule has 0 spiro atoms. The maximum Gasteiger partial charge on any atom is 0.407 e. The van der Waals surface area contributed by atoms with E-state index in [4.69, 9.17) is 9.84 Å². The largest absolute Gasteiger partial charge is 0.469 e. The van der Waals surface area contributed by atoms with Crippen LogP contribution in [0.5, 0.6) is 0 Å². The Labute approximate surface area is 209 Å². The lowest BCUT2D eigenvalue weighted by molar-refractivity contribution is -0.139. The summed E-state index contributed by atoms with van der Waals surface area (Å²) >= 11 is 0. The van der Waals surface area contributed by atoms with Crippen molar-refractivity contribution in [3.8, 4) is 11.8 Å². The van der Waals surface area contributed by atoms with Crippen LogP contribution in [0, 0.1) is 18.8 Å². The highest BCUT2D eigenvalue weighted by atomic mass is 16.5. The Morgan fingerprint density at radius 3 is 2.47 bits per heavy atom. The average molecular weight is 486 g/mol. The van der Waals surface area contributed by atoms with Crippen molar-refractivity contribution in [2.45, 2.75) is 13.3 Å². The van der Waals surface area contributed by atoms with Gasteiger partial charge in [0.2, 0.25) is 5.95 Å². The first-order chi connectivity index (χ1) is 17.4. The molecule has 1 amide bonds. The zero-order valence-corrected chi connectivity index (χ0v) is 20.2. The van der Waals surface area contributed by atoms with E-state index in [-0.39, 0.29) is 12.4 Å². The molecule has 1 aliphatic heterocycles. The second-order valence-electron chi connectivity index (χ2n) is 8.31. The quantitative estimate of drug-likeness (QED) is 0.418. The fourth-order valence-electron chi connectivity index (χ4n) is 3.82. The van der Waals surface area contributed by atoms with Gasteiger partial charge in [0.1, 0.15) is 5.69 Å². The van der Waals surface area contributed by atoms with Crippen molar-refractivity contribution in [2.75, 3.05) is 43.5 Å². The minimum atomic E-state index is -0.873. The number of carbonyl (C=O) groups excluding carboxylic acids is 1. The first-order valence-corrected chi connectivity index (χ1v) is 11.5. The summed E-state index contributed by atoms with van der Waals surface area (Å²) in [4.78, 5) is 35.3. The van der Waals surface area contributed by atoms with Crippen LogP contribution in [0.25, 0.3) is 0 Å². The van der Waals surface area contributed by atoms with Gasteiger partial charge in [-0.2, -0.15) is 0 Å². The number of carboxylic acid groups (broad SMARTS) is 1. The third-order valence-corrected chi connectivity index (χ3v) is 5.91. The molecule has 9 heteroatoms. The van der Waals surface area contributed by atoms with Crippen molar-refractivity contribution in [2.24, 2.45) is 0 Å². The van der Waals surface area contributed by atoms with Gasteiger partial charge >= 0.3 is 12.1 Å². The van der Waals surface area contributed by atoms with Gasteiger partial charge < -0.3 is 25.0 Å². The lowest BCUT2D eigenvalue weighted by Gasteiger charge is -2.34. The fraction of sp³-hybridized carbons (Fsp3) is 0.259. The van der Waals surface area contributed by atoms with E-state index in [0.717, 1.165) is 28.1 Å². The molecular formula is C27H27N5O4. The Morgan fingerprint density at radius 1 is 1.06 bits per heavy atom. The van der Waals surface area contributed by atoms with E-state index >= 15 is 0 Å². The van der Waals surface area contributed by atoms with E-state index in [1.807, 2.05) is 55.5 Å². The summed E-state index contributed by atoms with van der Waals surface area (Å²) in [6.45, 7) is 4.19. The first-order valence-electron chi connectivity index (χ1n) is 11.5. The van der Waals surface area contributed by atoms with Crippen LogP contribution >= 0.6 is 0 Å². The number of nitrogens with one attached hydrogen (secondary N) is 1. The molecular weight excluding hydrogens is 458 g/mol. The van der Waals surface area contributed by atoms with Crippen LogP contribution in [0.4, 0.5) is 22.1 Å². The molecule has 9 nitrogen and oxygen atoms in total. The number of nitrogens with zero attached hydrogens (tertiary/aromatic N) is 4. The molecule has 1 aliphatic rings. The van der Waals surface area contributed by atoms with Crippen LogP contribution in [0.15, 0.2) is 54.7 Å². The molecule has 3 aromatic rings. The van der Waals surface area contributed by atoms with Gasteiger partial charge in [0.25, 0.3) is 0 Å². The summed E-state index contributed by atoms with van der Waals surface area (Å²) in [6, 6.07) is 15.3. The maximum absolute atomic E-state index is 11.7. The number of amides is 1. The van der Waals surface area contributed by atoms with Gasteiger partial charge in [0.15, 0.2) is 0 Å². The summed E-state index contributed by atoms with van der Waals surface area (Å²) in [5.41, 5.74) is 4.84. The molecule has 4 rings (SSSR count). The Hall–Kier alpha value is -4.58. The fourth-order valence-corrected chi connectivity index (χ4v) is 3.82. The predicted molar refractivity (Wildman–Crippen MR) is 136 cm³/mol. The van der Waals surface area contributed by atoms with Gasteiger partial charge in [-0.25, -0.2) is 14.8 Å². The number of carbonyl (C=O) groups is 2. The van der Waals surface area contributed by atoms with Crippen LogP contribution < -0.4 is 10.2 Å². The maximum atomic E-state index is 11.7. The van der Waals surface area contributed by atoms with Gasteiger partial charge in [-0.1, -0.05) is 24.1 Å². The van der Waals surface area contributed by atoms with E-state index in [0.29, 0.717) is 37.8 Å². The van der Waals surface area contributed by atoms with Crippen molar-refractivity contribution in [3.63, 3.8) is 0 Å². The number of aromatic nitrogens is 2. The minimum Gasteiger partial charge on any atom is -0.469 e. The topological polar surface area (TPSA) is 108 Å². The SMILES string of the molecule is COC(=O)Cc1ccccc1C#Cc1nc(Nc2ccc(N3CCN(C(=O)O)CC3)cc2)ncc1C. The van der Waals surface area contributed by atoms with E-state index in [1.54, 1.807) is 6.20 Å². The van der Waals surface area contributed by atoms with Crippen LogP contribution in [0.2, 0.25) is 0 Å². The predicted octanol–water partition coefficient (Wildman–Crippen LogP) is 3.44. The van der Waals surface area contributed by atoms with Crippen LogP contribution in [0.1, 0.15) is 22.4 Å². The number of benzene rings is 2. The molecule has 1 aromatic heterocycles. The Morgan fingerprint density at radius 2 is 1.78 bits per heavy atom. The Kier molecular flexibility index (Phi) is 7.66. The summed E-state index contributed by atoms with van der Waals surface area (Å²) in [5, 5.41) is 12.3. The molecule has 2 heterocycles. The number of hydrogen-bond donors (Lipinski definition) is 2. The second-order valence-corrected chi connectivity index (χ2v) is 8.31. The second kappa shape index (κ2) is 11.2. The van der Waals surface area contributed by atoms with Crippen molar-refractivity contribution in [1.82, 2.24) is 14.9 Å². The van der Waals surface area contributed by atoms with E-state index in [1.165, 1.54) is 12.0 Å². The molecule has 184 valence electrons. The molecule has 2 N–H and O–H groups in total. The monoisotopic (exact) mass is 485 g/mol. The molecule has 36 heavy (non-hydrogen) atoms. The van der Waals surface area contributed by atoms with Gasteiger partial charge in [-0.15, -0.1) is 0 Å². The Balaban J connectivity index is 1.45. The highest BCUT2D eigenvalue weighted by Crippen LogP contribution is 2.21. The molecule has 0 unspecified atom stereocenters. The number of hydrogen-bond acceptors (Lipinski definition) is 7. The highest BCUT2D eigenvalue weighted by Gasteiger charge is 2.20. The summed E-state index contributed by atoms with van der Waals surface area (Å²) in [7, 11) is 1.37. The van der Waals surface area contributed by atoms with Crippen LogP contribution in [-0.2, 0) is 16.0 Å². The molecule has 0 aliphatic carbocycles. The van der Waals surface area contributed by atoms with Gasteiger partial charge in [-0.3, -0.25) is 4.79 Å². The third kappa shape index (κ3) is 6.10. The van der Waals surface area contributed by atoms with Gasteiger partial charge in [0, 0.05) is 54.9 Å². The average Bonchev–Trinajstić information content (AvgIpc) is 2.90. The standard InChI is InChI=1S/C27H27N5O4/c1-19-18-28-26(30-24(19)12-7-20-5-3-4-6-21(20)17-25(33)36-2)29-22-8-10-23(11-9-22)31-13-15-32(16-14-31)27(34)35/h3-6,8-11,18H,13-17H2,1-2H3,(H,34,35)(H,28,29,30). The molecule has 0 radical (unpaired) electrons. The summed E-state index contributed by atoms with van der Waals surface area (Å²) in [5.74, 6) is 6.34. The molecule has 0 bridgehead atoms. The number of anilines is 3. The summed E-state index contributed by atoms with van der Waals surface area (Å²) in [6.07, 6.45) is 1.000. The number of piperazine rings is 1. The van der Waals surface area contributed by atoms with E-state index < -0.39 is 6.09 Å². The van der Waals surface area contributed by atoms with Crippen molar-refractivity contribution >= 4 is 29.4 Å². The number of methoxy groups -OCH3 is 1. The van der Waals surface area contributed by atoms with Crippen LogP contribution in [-0.4, -0.2) is 65.3 Å². The molecule has 1 saturated heterocycles. The van der Waals surface area contributed by atoms with Gasteiger partial charge in [-0.05, 0) is 48.7 Å². The lowest BCUT2D eigenvalue weighted by Crippen LogP contribution is -2.48. The number of rotatable bonds is 5. The normalized spacial score (nSPS) is 12.9. The Bertz CT molecular complexity index is 1310.